The van der Waals surface area contributed by atoms with Crippen molar-refractivity contribution in [3.63, 3.8) is 0 Å². The number of Topliss-reactive ketones (excluding diaryl/α,β-unsaturated/α-hetero) is 1. The Bertz CT molecular complexity index is 364. The molecule has 1 saturated heterocycles. The lowest BCUT2D eigenvalue weighted by Crippen LogP contribution is -2.41. The van der Waals surface area contributed by atoms with E-state index in [0.29, 0.717) is 0 Å². The molecular weight excluding hydrogens is 202 g/mol. The summed E-state index contributed by atoms with van der Waals surface area (Å²) >= 11 is 0. The largest absolute Gasteiger partial charge is 0.326 e. The molecule has 0 aliphatic carbocycles. The van der Waals surface area contributed by atoms with Gasteiger partial charge in [-0.3, -0.25) is 4.79 Å². The summed E-state index contributed by atoms with van der Waals surface area (Å²) in [5.74, 6) is 0.186. The molecule has 16 heavy (non-hydrogen) atoms. The van der Waals surface area contributed by atoms with Gasteiger partial charge in [0.15, 0.2) is 5.78 Å². The molecular formula is C12H19N3O. The highest BCUT2D eigenvalue weighted by Gasteiger charge is 2.24. The molecule has 1 aliphatic rings. The van der Waals surface area contributed by atoms with Crippen LogP contribution in [0.2, 0.25) is 0 Å². The molecule has 0 aromatic carbocycles. The number of piperidine rings is 1. The van der Waals surface area contributed by atoms with Crippen LogP contribution in [0.25, 0.3) is 0 Å². The van der Waals surface area contributed by atoms with Gasteiger partial charge in [-0.1, -0.05) is 6.42 Å². The molecule has 0 amide bonds. The van der Waals surface area contributed by atoms with Crippen molar-refractivity contribution in [3.05, 3.63) is 18.2 Å². The molecule has 1 atom stereocenters. The highest BCUT2D eigenvalue weighted by Crippen LogP contribution is 2.15. The minimum absolute atomic E-state index is 0.0112. The van der Waals surface area contributed by atoms with Crippen molar-refractivity contribution in [1.29, 1.82) is 0 Å². The summed E-state index contributed by atoms with van der Waals surface area (Å²) in [6, 6.07) is 0.271. The Labute approximate surface area is 96.1 Å². The van der Waals surface area contributed by atoms with E-state index in [2.05, 4.69) is 24.1 Å². The zero-order valence-corrected chi connectivity index (χ0v) is 9.94. The lowest BCUT2D eigenvalue weighted by Gasteiger charge is -2.23. The first kappa shape index (κ1) is 11.3. The zero-order valence-electron chi connectivity index (χ0n) is 9.94. The molecule has 1 aliphatic heterocycles. The molecule has 4 nitrogen and oxygen atoms in total. The van der Waals surface area contributed by atoms with Gasteiger partial charge in [-0.2, -0.15) is 0 Å². The fraction of sp³-hybridized carbons (Fsp3) is 0.667. The summed E-state index contributed by atoms with van der Waals surface area (Å²) in [7, 11) is 0. The Morgan fingerprint density at radius 1 is 1.56 bits per heavy atom. The maximum Gasteiger partial charge on any atom is 0.197 e. The van der Waals surface area contributed by atoms with E-state index in [1.807, 2.05) is 4.57 Å². The van der Waals surface area contributed by atoms with E-state index in [1.165, 1.54) is 6.42 Å². The second kappa shape index (κ2) is 4.78. The van der Waals surface area contributed by atoms with E-state index in [0.717, 1.165) is 25.1 Å². The molecule has 1 aromatic rings. The first-order valence-corrected chi connectivity index (χ1v) is 5.99. The van der Waals surface area contributed by atoms with Gasteiger partial charge in [0.25, 0.3) is 0 Å². The molecule has 1 unspecified atom stereocenters. The first-order chi connectivity index (χ1) is 7.70. The zero-order chi connectivity index (χ0) is 11.5. The summed E-state index contributed by atoms with van der Waals surface area (Å²) in [5, 5.41) is 3.28. The van der Waals surface area contributed by atoms with Crippen LogP contribution in [-0.2, 0) is 0 Å². The lowest BCUT2D eigenvalue weighted by atomic mass is 9.99. The number of ketones is 1. The summed E-state index contributed by atoms with van der Waals surface area (Å²) < 4.78 is 1.94. The molecule has 88 valence electrons. The van der Waals surface area contributed by atoms with Gasteiger partial charge in [0.1, 0.15) is 5.69 Å². The van der Waals surface area contributed by atoms with Crippen LogP contribution in [-0.4, -0.2) is 27.9 Å². The average Bonchev–Trinajstić information content (AvgIpc) is 2.78. The topological polar surface area (TPSA) is 46.9 Å². The van der Waals surface area contributed by atoms with Gasteiger partial charge < -0.3 is 9.88 Å². The summed E-state index contributed by atoms with van der Waals surface area (Å²) in [6.45, 7) is 5.08. The number of carbonyl (C=O) groups excluding carboxylic acids is 1. The van der Waals surface area contributed by atoms with Crippen molar-refractivity contribution in [1.82, 2.24) is 14.9 Å². The van der Waals surface area contributed by atoms with Crippen LogP contribution in [0.15, 0.2) is 12.5 Å². The molecule has 2 heterocycles. The predicted molar refractivity (Wildman–Crippen MR) is 62.6 cm³/mol. The molecule has 0 bridgehead atoms. The van der Waals surface area contributed by atoms with Crippen molar-refractivity contribution in [3.8, 4) is 0 Å². The number of aromatic nitrogens is 2. The smallest absolute Gasteiger partial charge is 0.197 e. The number of hydrogen-bond donors (Lipinski definition) is 1. The van der Waals surface area contributed by atoms with E-state index in [4.69, 9.17) is 0 Å². The molecule has 0 saturated carbocycles. The summed E-state index contributed by atoms with van der Waals surface area (Å²) in [5.41, 5.74) is 0.731. The SMILES string of the molecule is CC(C)n1cncc1C(=O)C1CCCCN1. The minimum Gasteiger partial charge on any atom is -0.326 e. The van der Waals surface area contributed by atoms with Crippen LogP contribution in [0.4, 0.5) is 0 Å². The summed E-state index contributed by atoms with van der Waals surface area (Å²) in [4.78, 5) is 16.3. The number of imidazole rings is 1. The molecule has 1 aromatic heterocycles. The number of nitrogens with zero attached hydrogens (tertiary/aromatic N) is 2. The Balaban J connectivity index is 2.16. The molecule has 0 spiro atoms. The van der Waals surface area contributed by atoms with E-state index >= 15 is 0 Å². The molecule has 0 radical (unpaired) electrons. The van der Waals surface area contributed by atoms with E-state index in [1.54, 1.807) is 12.5 Å². The fourth-order valence-electron chi connectivity index (χ4n) is 2.16. The lowest BCUT2D eigenvalue weighted by molar-refractivity contribution is 0.0916. The maximum absolute atomic E-state index is 12.3. The van der Waals surface area contributed by atoms with Crippen LogP contribution >= 0.6 is 0 Å². The summed E-state index contributed by atoms with van der Waals surface area (Å²) in [6.07, 6.45) is 6.67. The molecule has 1 fully saturated rings. The molecule has 2 rings (SSSR count). The van der Waals surface area contributed by atoms with Gasteiger partial charge in [0, 0.05) is 6.04 Å². The van der Waals surface area contributed by atoms with Crippen LogP contribution < -0.4 is 5.32 Å². The Morgan fingerprint density at radius 3 is 3.00 bits per heavy atom. The Hall–Kier alpha value is -1.16. The Morgan fingerprint density at radius 2 is 2.38 bits per heavy atom. The van der Waals surface area contributed by atoms with Crippen molar-refractivity contribution in [2.45, 2.75) is 45.2 Å². The van der Waals surface area contributed by atoms with Gasteiger partial charge >= 0.3 is 0 Å². The second-order valence-corrected chi connectivity index (χ2v) is 4.65. The van der Waals surface area contributed by atoms with Crippen molar-refractivity contribution >= 4 is 5.78 Å². The van der Waals surface area contributed by atoms with Crippen LogP contribution in [0, 0.1) is 0 Å². The highest BCUT2D eigenvalue weighted by atomic mass is 16.1. The molecule has 4 heteroatoms. The minimum atomic E-state index is -0.0112. The third kappa shape index (κ3) is 2.16. The molecule has 1 N–H and O–H groups in total. The van der Waals surface area contributed by atoms with E-state index < -0.39 is 0 Å². The third-order valence-electron chi connectivity index (χ3n) is 3.10. The predicted octanol–water partition coefficient (Wildman–Crippen LogP) is 1.79. The normalized spacial score (nSPS) is 21.3. The second-order valence-electron chi connectivity index (χ2n) is 4.65. The van der Waals surface area contributed by atoms with Gasteiger partial charge in [0.2, 0.25) is 0 Å². The Kier molecular flexibility index (Phi) is 3.39. The van der Waals surface area contributed by atoms with Gasteiger partial charge in [-0.15, -0.1) is 0 Å². The van der Waals surface area contributed by atoms with Crippen molar-refractivity contribution < 1.29 is 4.79 Å². The van der Waals surface area contributed by atoms with Gasteiger partial charge in [-0.25, -0.2) is 4.98 Å². The number of rotatable bonds is 3. The van der Waals surface area contributed by atoms with Crippen LogP contribution in [0.5, 0.6) is 0 Å². The number of hydrogen-bond acceptors (Lipinski definition) is 3. The number of carbonyl (C=O) groups is 1. The maximum atomic E-state index is 12.3. The highest BCUT2D eigenvalue weighted by molar-refractivity contribution is 5.98. The number of nitrogens with one attached hydrogen (secondary N) is 1. The fourth-order valence-corrected chi connectivity index (χ4v) is 2.16. The standard InChI is InChI=1S/C12H19N3O/c1-9(2)15-8-13-7-11(15)12(16)10-5-3-4-6-14-10/h7-10,14H,3-6H2,1-2H3. The monoisotopic (exact) mass is 221 g/mol. The van der Waals surface area contributed by atoms with E-state index in [-0.39, 0.29) is 17.9 Å². The van der Waals surface area contributed by atoms with Crippen molar-refractivity contribution in [2.75, 3.05) is 6.54 Å². The quantitative estimate of drug-likeness (QED) is 0.791. The van der Waals surface area contributed by atoms with Crippen molar-refractivity contribution in [2.24, 2.45) is 0 Å². The van der Waals surface area contributed by atoms with Crippen LogP contribution in [0.1, 0.15) is 49.6 Å². The van der Waals surface area contributed by atoms with Crippen LogP contribution in [0.3, 0.4) is 0 Å². The van der Waals surface area contributed by atoms with Gasteiger partial charge in [0.05, 0.1) is 18.6 Å². The first-order valence-electron chi connectivity index (χ1n) is 5.99. The third-order valence-corrected chi connectivity index (χ3v) is 3.10. The average molecular weight is 221 g/mol. The van der Waals surface area contributed by atoms with Gasteiger partial charge in [-0.05, 0) is 33.2 Å². The van der Waals surface area contributed by atoms with E-state index in [9.17, 15) is 4.79 Å².